The van der Waals surface area contributed by atoms with Gasteiger partial charge in [0.2, 0.25) is 0 Å². The Bertz CT molecular complexity index is 664. The number of aromatic nitrogens is 4. The third kappa shape index (κ3) is 3.96. The molecule has 0 spiro atoms. The minimum absolute atomic E-state index is 0.416. The molecule has 0 radical (unpaired) electrons. The van der Waals surface area contributed by atoms with E-state index in [0.717, 1.165) is 24.4 Å². The van der Waals surface area contributed by atoms with Gasteiger partial charge >= 0.3 is 0 Å². The number of morpholine rings is 1. The van der Waals surface area contributed by atoms with Gasteiger partial charge in [-0.15, -0.1) is 5.10 Å². The number of rotatable bonds is 5. The van der Waals surface area contributed by atoms with Gasteiger partial charge in [-0.05, 0) is 22.9 Å². The number of nitrogens with one attached hydrogen (secondary N) is 1. The fraction of sp³-hybridized carbons (Fsp3) is 0.429. The van der Waals surface area contributed by atoms with Crippen LogP contribution in [0.25, 0.3) is 0 Å². The minimum atomic E-state index is 0.416. The Balaban J connectivity index is 1.74. The molecule has 9 heteroatoms. The van der Waals surface area contributed by atoms with Crippen molar-refractivity contribution in [2.24, 2.45) is 5.10 Å². The van der Waals surface area contributed by atoms with E-state index in [1.165, 1.54) is 4.80 Å². The van der Waals surface area contributed by atoms with Gasteiger partial charge in [0.05, 0.1) is 18.9 Å². The zero-order valence-corrected chi connectivity index (χ0v) is 13.6. The molecular formula is C14H18ClN7O. The molecule has 0 unspecified atom stereocenters. The molecule has 1 aliphatic heterocycles. The molecule has 0 saturated carbocycles. The summed E-state index contributed by atoms with van der Waals surface area (Å²) in [6, 6.07) is 7.49. The number of hydrazone groups is 1. The van der Waals surface area contributed by atoms with Crippen LogP contribution >= 0.6 is 11.6 Å². The van der Waals surface area contributed by atoms with Crippen molar-refractivity contribution in [3.8, 4) is 0 Å². The molecule has 1 aromatic carbocycles. The van der Waals surface area contributed by atoms with Gasteiger partial charge in [-0.25, -0.2) is 0 Å². The second-order valence-corrected chi connectivity index (χ2v) is 5.44. The van der Waals surface area contributed by atoms with Gasteiger partial charge in [0.15, 0.2) is 0 Å². The predicted octanol–water partition coefficient (Wildman–Crippen LogP) is 0.787. The van der Waals surface area contributed by atoms with Crippen LogP contribution in [0.2, 0.25) is 5.02 Å². The Morgan fingerprint density at radius 1 is 1.30 bits per heavy atom. The molecule has 1 aliphatic rings. The Kier molecular flexibility index (Phi) is 5.04. The van der Waals surface area contributed by atoms with Crippen molar-refractivity contribution in [3.05, 3.63) is 34.9 Å². The van der Waals surface area contributed by atoms with Crippen molar-refractivity contribution in [1.82, 2.24) is 25.6 Å². The summed E-state index contributed by atoms with van der Waals surface area (Å²) in [6.07, 6.45) is 0. The lowest BCUT2D eigenvalue weighted by Crippen LogP contribution is -2.37. The number of tetrazole rings is 1. The van der Waals surface area contributed by atoms with E-state index >= 15 is 0 Å². The maximum atomic E-state index is 5.93. The first kappa shape index (κ1) is 15.7. The standard InChI is InChI=1S/C14H18ClN7O/c1-16-17-13(11-2-4-12(15)5-3-11)10-22-19-14(18-20-22)21-6-8-23-9-7-21/h2-5,16H,6-10H2,1H3/b17-13-. The molecule has 0 atom stereocenters. The van der Waals surface area contributed by atoms with Crippen LogP contribution in [0.5, 0.6) is 0 Å². The van der Waals surface area contributed by atoms with Crippen LogP contribution in [-0.4, -0.2) is 59.3 Å². The summed E-state index contributed by atoms with van der Waals surface area (Å²) in [4.78, 5) is 3.60. The molecule has 23 heavy (non-hydrogen) atoms. The largest absolute Gasteiger partial charge is 0.378 e. The van der Waals surface area contributed by atoms with Crippen molar-refractivity contribution >= 4 is 23.3 Å². The second kappa shape index (κ2) is 7.38. The normalized spacial score (nSPS) is 15.7. The third-order valence-electron chi connectivity index (χ3n) is 3.45. The summed E-state index contributed by atoms with van der Waals surface area (Å²) in [5.74, 6) is 0.619. The van der Waals surface area contributed by atoms with Gasteiger partial charge in [-0.3, -0.25) is 0 Å². The molecule has 3 rings (SSSR count). The van der Waals surface area contributed by atoms with Crippen LogP contribution < -0.4 is 10.3 Å². The van der Waals surface area contributed by atoms with Crippen LogP contribution in [-0.2, 0) is 11.3 Å². The number of hydrogen-bond acceptors (Lipinski definition) is 7. The Morgan fingerprint density at radius 3 is 2.74 bits per heavy atom. The summed E-state index contributed by atoms with van der Waals surface area (Å²) in [5.41, 5.74) is 4.56. The van der Waals surface area contributed by atoms with E-state index in [9.17, 15) is 0 Å². The lowest BCUT2D eigenvalue weighted by Gasteiger charge is -2.24. The summed E-state index contributed by atoms with van der Waals surface area (Å²) in [6.45, 7) is 3.35. The van der Waals surface area contributed by atoms with Crippen LogP contribution in [0.4, 0.5) is 5.95 Å². The highest BCUT2D eigenvalue weighted by atomic mass is 35.5. The van der Waals surface area contributed by atoms with Crippen LogP contribution in [0, 0.1) is 0 Å². The van der Waals surface area contributed by atoms with Gasteiger partial charge < -0.3 is 15.1 Å². The molecular weight excluding hydrogens is 318 g/mol. The van der Waals surface area contributed by atoms with Gasteiger partial charge in [0.25, 0.3) is 5.95 Å². The fourth-order valence-corrected chi connectivity index (χ4v) is 2.42. The number of anilines is 1. The molecule has 0 bridgehead atoms. The van der Waals surface area contributed by atoms with Crippen LogP contribution in [0.1, 0.15) is 5.56 Å². The zero-order valence-electron chi connectivity index (χ0n) is 12.8. The van der Waals surface area contributed by atoms with Crippen LogP contribution in [0.3, 0.4) is 0 Å². The van der Waals surface area contributed by atoms with Gasteiger partial charge in [0, 0.05) is 25.2 Å². The molecule has 1 fully saturated rings. The highest BCUT2D eigenvalue weighted by Gasteiger charge is 2.16. The monoisotopic (exact) mass is 335 g/mol. The minimum Gasteiger partial charge on any atom is -0.378 e. The topological polar surface area (TPSA) is 80.5 Å². The van der Waals surface area contributed by atoms with Gasteiger partial charge in [-0.2, -0.15) is 9.90 Å². The van der Waals surface area contributed by atoms with Gasteiger partial charge in [0.1, 0.15) is 6.54 Å². The molecule has 1 aromatic heterocycles. The number of hydrogen-bond donors (Lipinski definition) is 1. The summed E-state index contributed by atoms with van der Waals surface area (Å²) < 4.78 is 5.33. The SMILES string of the molecule is CN/N=C(/Cn1nnc(N2CCOCC2)n1)c1ccc(Cl)cc1. The lowest BCUT2D eigenvalue weighted by molar-refractivity contribution is 0.122. The number of benzene rings is 1. The van der Waals surface area contributed by atoms with Crippen molar-refractivity contribution < 1.29 is 4.74 Å². The van der Waals surface area contributed by atoms with E-state index in [0.29, 0.717) is 30.7 Å². The Morgan fingerprint density at radius 2 is 2.04 bits per heavy atom. The van der Waals surface area contributed by atoms with E-state index in [-0.39, 0.29) is 0 Å². The molecule has 122 valence electrons. The fourth-order valence-electron chi connectivity index (χ4n) is 2.29. The van der Waals surface area contributed by atoms with E-state index in [2.05, 4.69) is 30.8 Å². The first-order valence-corrected chi connectivity index (χ1v) is 7.74. The van der Waals surface area contributed by atoms with Crippen molar-refractivity contribution in [2.45, 2.75) is 6.54 Å². The first-order chi connectivity index (χ1) is 11.3. The molecule has 0 aliphatic carbocycles. The number of halogens is 1. The van der Waals surface area contributed by atoms with Crippen molar-refractivity contribution in [3.63, 3.8) is 0 Å². The maximum Gasteiger partial charge on any atom is 0.266 e. The molecule has 1 saturated heterocycles. The van der Waals surface area contributed by atoms with E-state index in [1.807, 2.05) is 24.3 Å². The third-order valence-corrected chi connectivity index (χ3v) is 3.70. The average molecular weight is 336 g/mol. The Labute approximate surface area is 139 Å². The quantitative estimate of drug-likeness (QED) is 0.642. The van der Waals surface area contributed by atoms with Crippen molar-refractivity contribution in [1.29, 1.82) is 0 Å². The van der Waals surface area contributed by atoms with E-state index in [4.69, 9.17) is 16.3 Å². The van der Waals surface area contributed by atoms with Crippen molar-refractivity contribution in [2.75, 3.05) is 38.3 Å². The molecule has 2 heterocycles. The van der Waals surface area contributed by atoms with E-state index < -0.39 is 0 Å². The second-order valence-electron chi connectivity index (χ2n) is 5.01. The predicted molar refractivity (Wildman–Crippen MR) is 87.9 cm³/mol. The Hall–Kier alpha value is -2.19. The van der Waals surface area contributed by atoms with Gasteiger partial charge in [-0.1, -0.05) is 28.8 Å². The zero-order chi connectivity index (χ0) is 16.1. The number of nitrogens with zero attached hydrogens (tertiary/aromatic N) is 6. The summed E-state index contributed by atoms with van der Waals surface area (Å²) in [7, 11) is 1.75. The highest BCUT2D eigenvalue weighted by molar-refractivity contribution is 6.30. The molecule has 2 aromatic rings. The summed E-state index contributed by atoms with van der Waals surface area (Å²) in [5, 5.41) is 17.6. The highest BCUT2D eigenvalue weighted by Crippen LogP contribution is 2.12. The lowest BCUT2D eigenvalue weighted by atomic mass is 10.1. The molecule has 8 nitrogen and oxygen atoms in total. The maximum absolute atomic E-state index is 5.93. The smallest absolute Gasteiger partial charge is 0.266 e. The number of ether oxygens (including phenoxy) is 1. The van der Waals surface area contributed by atoms with E-state index in [1.54, 1.807) is 7.05 Å². The average Bonchev–Trinajstić information content (AvgIpc) is 3.05. The molecule has 0 amide bonds. The van der Waals surface area contributed by atoms with Crippen LogP contribution in [0.15, 0.2) is 29.4 Å². The first-order valence-electron chi connectivity index (χ1n) is 7.36. The molecule has 1 N–H and O–H groups in total. The summed E-state index contributed by atoms with van der Waals surface area (Å²) >= 11 is 5.93.